The standard InChI is InChI=1S/C7H6Cl3NO/c1-12-7-5(6(9)10)2-4(8)3-11-7/h2-3,6H,1H3. The number of methoxy groups -OCH3 is 1. The van der Waals surface area contributed by atoms with Crippen molar-refractivity contribution in [3.05, 3.63) is 22.8 Å². The zero-order chi connectivity index (χ0) is 9.14. The van der Waals surface area contributed by atoms with Gasteiger partial charge in [0.1, 0.15) is 4.84 Å². The Morgan fingerprint density at radius 2 is 2.17 bits per heavy atom. The number of hydrogen-bond donors (Lipinski definition) is 0. The largest absolute Gasteiger partial charge is 0.481 e. The van der Waals surface area contributed by atoms with Crippen LogP contribution in [0.4, 0.5) is 0 Å². The molecule has 0 amide bonds. The summed E-state index contributed by atoms with van der Waals surface area (Å²) in [7, 11) is 1.50. The average Bonchev–Trinajstić information content (AvgIpc) is 2.04. The first kappa shape index (κ1) is 9.90. The van der Waals surface area contributed by atoms with E-state index in [4.69, 9.17) is 39.5 Å². The highest BCUT2D eigenvalue weighted by atomic mass is 35.5. The Balaban J connectivity index is 3.12. The zero-order valence-electron chi connectivity index (χ0n) is 6.22. The van der Waals surface area contributed by atoms with E-state index in [1.165, 1.54) is 13.3 Å². The van der Waals surface area contributed by atoms with Gasteiger partial charge in [-0.05, 0) is 6.07 Å². The van der Waals surface area contributed by atoms with E-state index in [-0.39, 0.29) is 0 Å². The molecule has 66 valence electrons. The molecule has 0 unspecified atom stereocenters. The number of ether oxygens (including phenoxy) is 1. The van der Waals surface area contributed by atoms with Crippen LogP contribution in [0.5, 0.6) is 5.88 Å². The smallest absolute Gasteiger partial charge is 0.219 e. The van der Waals surface area contributed by atoms with Crippen LogP contribution in [0.25, 0.3) is 0 Å². The van der Waals surface area contributed by atoms with Gasteiger partial charge in [-0.3, -0.25) is 0 Å². The number of hydrogen-bond acceptors (Lipinski definition) is 2. The van der Waals surface area contributed by atoms with Crippen molar-refractivity contribution in [1.82, 2.24) is 4.98 Å². The predicted octanol–water partition coefficient (Wildman–Crippen LogP) is 3.22. The lowest BCUT2D eigenvalue weighted by Gasteiger charge is -2.07. The predicted molar refractivity (Wildman–Crippen MR) is 50.2 cm³/mol. The van der Waals surface area contributed by atoms with E-state index in [0.717, 1.165) is 0 Å². The third kappa shape index (κ3) is 2.16. The normalized spacial score (nSPS) is 10.4. The Morgan fingerprint density at radius 1 is 1.50 bits per heavy atom. The fourth-order valence-electron chi connectivity index (χ4n) is 0.769. The van der Waals surface area contributed by atoms with Gasteiger partial charge >= 0.3 is 0 Å². The summed E-state index contributed by atoms with van der Waals surface area (Å²) in [5.74, 6) is 0.398. The summed E-state index contributed by atoms with van der Waals surface area (Å²) in [6.07, 6.45) is 1.47. The minimum absolute atomic E-state index is 0.398. The minimum Gasteiger partial charge on any atom is -0.481 e. The van der Waals surface area contributed by atoms with Gasteiger partial charge in [0.15, 0.2) is 0 Å². The van der Waals surface area contributed by atoms with Crippen molar-refractivity contribution in [2.45, 2.75) is 4.84 Å². The fraction of sp³-hybridized carbons (Fsp3) is 0.286. The molecule has 5 heteroatoms. The second-order valence-electron chi connectivity index (χ2n) is 2.05. The van der Waals surface area contributed by atoms with E-state index in [0.29, 0.717) is 16.5 Å². The number of aromatic nitrogens is 1. The second-order valence-corrected chi connectivity index (χ2v) is 3.59. The average molecular weight is 226 g/mol. The highest BCUT2D eigenvalue weighted by Gasteiger charge is 2.11. The third-order valence-corrected chi connectivity index (χ3v) is 1.95. The van der Waals surface area contributed by atoms with Crippen molar-refractivity contribution < 1.29 is 4.74 Å². The van der Waals surface area contributed by atoms with Gasteiger partial charge < -0.3 is 4.74 Å². The molecule has 0 saturated heterocycles. The van der Waals surface area contributed by atoms with Crippen molar-refractivity contribution in [3.8, 4) is 5.88 Å². The van der Waals surface area contributed by atoms with Crippen molar-refractivity contribution >= 4 is 34.8 Å². The van der Waals surface area contributed by atoms with Crippen molar-refractivity contribution in [2.24, 2.45) is 0 Å². The molecule has 12 heavy (non-hydrogen) atoms. The summed E-state index contributed by atoms with van der Waals surface area (Å²) in [5.41, 5.74) is 0.577. The molecule has 0 saturated carbocycles. The van der Waals surface area contributed by atoms with Gasteiger partial charge in [-0.25, -0.2) is 4.98 Å². The number of nitrogens with zero attached hydrogens (tertiary/aromatic N) is 1. The fourth-order valence-corrected chi connectivity index (χ4v) is 1.25. The summed E-state index contributed by atoms with van der Waals surface area (Å²) < 4.78 is 4.92. The quantitative estimate of drug-likeness (QED) is 0.723. The molecule has 0 aliphatic heterocycles. The molecule has 1 heterocycles. The van der Waals surface area contributed by atoms with Gasteiger partial charge in [-0.2, -0.15) is 0 Å². The van der Waals surface area contributed by atoms with Crippen LogP contribution in [0.15, 0.2) is 12.3 Å². The lowest BCUT2D eigenvalue weighted by Crippen LogP contribution is -1.94. The minimum atomic E-state index is -0.675. The van der Waals surface area contributed by atoms with Crippen LogP contribution in [0.3, 0.4) is 0 Å². The van der Waals surface area contributed by atoms with E-state index < -0.39 is 4.84 Å². The van der Waals surface area contributed by atoms with Crippen LogP contribution < -0.4 is 4.74 Å². The molecule has 1 aromatic heterocycles. The van der Waals surface area contributed by atoms with Gasteiger partial charge in [0.05, 0.1) is 12.1 Å². The molecule has 0 aliphatic rings. The Kier molecular flexibility index (Phi) is 3.44. The molecular weight excluding hydrogens is 220 g/mol. The molecule has 0 radical (unpaired) electrons. The first-order chi connectivity index (χ1) is 5.65. The maximum Gasteiger partial charge on any atom is 0.219 e. The lowest BCUT2D eigenvalue weighted by atomic mass is 10.3. The van der Waals surface area contributed by atoms with E-state index in [1.54, 1.807) is 6.07 Å². The number of pyridine rings is 1. The van der Waals surface area contributed by atoms with E-state index in [1.807, 2.05) is 0 Å². The highest BCUT2D eigenvalue weighted by molar-refractivity contribution is 6.44. The molecular formula is C7H6Cl3NO. The van der Waals surface area contributed by atoms with Gasteiger partial charge in [0, 0.05) is 11.8 Å². The Morgan fingerprint density at radius 3 is 2.67 bits per heavy atom. The Hall–Kier alpha value is -0.180. The van der Waals surface area contributed by atoms with Gasteiger partial charge in [0.25, 0.3) is 0 Å². The SMILES string of the molecule is COc1ncc(Cl)cc1C(Cl)Cl. The van der Waals surface area contributed by atoms with Crippen LogP contribution in [-0.4, -0.2) is 12.1 Å². The summed E-state index contributed by atoms with van der Waals surface area (Å²) >= 11 is 17.0. The van der Waals surface area contributed by atoms with Crippen molar-refractivity contribution in [2.75, 3.05) is 7.11 Å². The maximum atomic E-state index is 5.68. The Labute approximate surface area is 85.4 Å². The van der Waals surface area contributed by atoms with Crippen LogP contribution in [0.2, 0.25) is 5.02 Å². The molecule has 0 bridgehead atoms. The second kappa shape index (κ2) is 4.17. The molecule has 0 aromatic carbocycles. The molecule has 0 atom stereocenters. The molecule has 1 aromatic rings. The maximum absolute atomic E-state index is 5.68. The van der Waals surface area contributed by atoms with Gasteiger partial charge in [-0.15, -0.1) is 0 Å². The van der Waals surface area contributed by atoms with Crippen molar-refractivity contribution in [3.63, 3.8) is 0 Å². The van der Waals surface area contributed by atoms with Crippen LogP contribution >= 0.6 is 34.8 Å². The topological polar surface area (TPSA) is 22.1 Å². The number of rotatable bonds is 2. The molecule has 0 fully saturated rings. The summed E-state index contributed by atoms with van der Waals surface area (Å²) in [6.45, 7) is 0. The summed E-state index contributed by atoms with van der Waals surface area (Å²) in [5, 5.41) is 0.483. The van der Waals surface area contributed by atoms with Crippen LogP contribution in [-0.2, 0) is 0 Å². The molecule has 1 rings (SSSR count). The van der Waals surface area contributed by atoms with E-state index in [9.17, 15) is 0 Å². The lowest BCUT2D eigenvalue weighted by molar-refractivity contribution is 0.394. The highest BCUT2D eigenvalue weighted by Crippen LogP contribution is 2.32. The van der Waals surface area contributed by atoms with Crippen molar-refractivity contribution in [1.29, 1.82) is 0 Å². The summed E-state index contributed by atoms with van der Waals surface area (Å²) in [6, 6.07) is 1.62. The number of halogens is 3. The summed E-state index contributed by atoms with van der Waals surface area (Å²) in [4.78, 5) is 3.22. The Bertz CT molecular complexity index is 277. The molecule has 0 spiro atoms. The van der Waals surface area contributed by atoms with Gasteiger partial charge in [-0.1, -0.05) is 34.8 Å². The zero-order valence-corrected chi connectivity index (χ0v) is 8.49. The first-order valence-corrected chi connectivity index (χ1v) is 4.38. The first-order valence-electron chi connectivity index (χ1n) is 3.12. The number of alkyl halides is 2. The third-order valence-electron chi connectivity index (χ3n) is 1.27. The molecule has 2 nitrogen and oxygen atoms in total. The van der Waals surface area contributed by atoms with Gasteiger partial charge in [0.2, 0.25) is 5.88 Å². The van der Waals surface area contributed by atoms with Crippen LogP contribution in [0, 0.1) is 0 Å². The molecule has 0 N–H and O–H groups in total. The molecule has 0 aliphatic carbocycles. The van der Waals surface area contributed by atoms with E-state index in [2.05, 4.69) is 4.98 Å². The van der Waals surface area contributed by atoms with E-state index >= 15 is 0 Å². The van der Waals surface area contributed by atoms with Crippen LogP contribution in [0.1, 0.15) is 10.4 Å². The monoisotopic (exact) mass is 225 g/mol.